The van der Waals surface area contributed by atoms with E-state index in [1.165, 1.54) is 7.11 Å². The Morgan fingerprint density at radius 1 is 1.08 bits per heavy atom. The Hall–Kier alpha value is -1.65. The van der Waals surface area contributed by atoms with Gasteiger partial charge in [0.1, 0.15) is 12.2 Å². The molecular weight excluding hydrogens is 316 g/mol. The van der Waals surface area contributed by atoms with Gasteiger partial charge < -0.3 is 14.6 Å². The van der Waals surface area contributed by atoms with Crippen LogP contribution in [0.1, 0.15) is 51.9 Å². The first-order valence-electron chi connectivity index (χ1n) is 9.21. The van der Waals surface area contributed by atoms with Gasteiger partial charge in [-0.2, -0.15) is 0 Å². The molecule has 0 radical (unpaired) electrons. The van der Waals surface area contributed by atoms with Crippen LogP contribution in [-0.2, 0) is 14.3 Å². The molecule has 0 amide bonds. The Bertz CT molecular complexity index is 476. The number of allylic oxidation sites excluding steroid dienone is 7. The number of ether oxygens (including phenoxy) is 2. The summed E-state index contributed by atoms with van der Waals surface area (Å²) in [7, 11) is 1.37. The van der Waals surface area contributed by atoms with Gasteiger partial charge in [-0.3, -0.25) is 4.79 Å². The fourth-order valence-corrected chi connectivity index (χ4v) is 2.42. The van der Waals surface area contributed by atoms with Gasteiger partial charge in [-0.05, 0) is 38.5 Å². The van der Waals surface area contributed by atoms with Gasteiger partial charge in [0.15, 0.2) is 0 Å². The summed E-state index contributed by atoms with van der Waals surface area (Å²) in [6.07, 6.45) is 21.9. The van der Waals surface area contributed by atoms with Crippen LogP contribution in [-0.4, -0.2) is 36.5 Å². The zero-order valence-electron chi connectivity index (χ0n) is 15.5. The molecule has 1 N–H and O–H groups in total. The molecule has 0 unspecified atom stereocenters. The molecule has 0 spiro atoms. The zero-order chi connectivity index (χ0) is 18.3. The van der Waals surface area contributed by atoms with Crippen molar-refractivity contribution in [2.24, 2.45) is 0 Å². The number of methoxy groups -OCH3 is 1. The summed E-state index contributed by atoms with van der Waals surface area (Å²) in [5.41, 5.74) is 0. The van der Waals surface area contributed by atoms with E-state index in [-0.39, 0.29) is 18.2 Å². The Labute approximate surface area is 151 Å². The van der Waals surface area contributed by atoms with Gasteiger partial charge in [-0.25, -0.2) is 0 Å². The Morgan fingerprint density at radius 3 is 2.28 bits per heavy atom. The Morgan fingerprint density at radius 2 is 1.68 bits per heavy atom. The molecule has 0 aromatic carbocycles. The SMILES string of the molecule is CC/C=C\C/C=C\C/C=C\C/C=C\[C@H]1O[C@@H]1[C@@H](O)CCCC(=O)OC. The van der Waals surface area contributed by atoms with Crippen LogP contribution in [0.2, 0.25) is 0 Å². The number of aliphatic hydroxyl groups excluding tert-OH is 1. The average Bonchev–Trinajstić information content (AvgIpc) is 3.39. The normalized spacial score (nSPS) is 21.7. The van der Waals surface area contributed by atoms with E-state index in [4.69, 9.17) is 4.74 Å². The molecule has 140 valence electrons. The van der Waals surface area contributed by atoms with Gasteiger partial charge in [-0.1, -0.05) is 55.5 Å². The van der Waals surface area contributed by atoms with Crippen molar-refractivity contribution in [1.82, 2.24) is 0 Å². The third-order valence-corrected chi connectivity index (χ3v) is 3.93. The molecule has 1 aliphatic heterocycles. The number of hydrogen-bond donors (Lipinski definition) is 1. The van der Waals surface area contributed by atoms with Crippen LogP contribution in [0, 0.1) is 0 Å². The number of aliphatic hydroxyl groups is 1. The standard InChI is InChI=1S/C21H32O4/c1-3-4-5-6-7-8-9-10-11-12-13-16-19-21(25-19)18(22)15-14-17-20(23)24-2/h4-5,7-8,10-11,13,16,18-19,21-22H,3,6,9,12,14-15,17H2,1-2H3/b5-4-,8-7-,11-10-,16-13-/t18-,19+,21+/m0/s1. The van der Waals surface area contributed by atoms with Crippen LogP contribution >= 0.6 is 0 Å². The van der Waals surface area contributed by atoms with E-state index in [1.54, 1.807) is 0 Å². The van der Waals surface area contributed by atoms with Gasteiger partial charge in [0.2, 0.25) is 0 Å². The highest BCUT2D eigenvalue weighted by atomic mass is 16.6. The first-order valence-corrected chi connectivity index (χ1v) is 9.21. The van der Waals surface area contributed by atoms with Crippen molar-refractivity contribution in [1.29, 1.82) is 0 Å². The summed E-state index contributed by atoms with van der Waals surface area (Å²) in [6, 6.07) is 0. The van der Waals surface area contributed by atoms with Crippen LogP contribution in [0.15, 0.2) is 48.6 Å². The van der Waals surface area contributed by atoms with E-state index >= 15 is 0 Å². The van der Waals surface area contributed by atoms with E-state index in [9.17, 15) is 9.90 Å². The predicted octanol–water partition coefficient (Wildman–Crippen LogP) is 4.26. The lowest BCUT2D eigenvalue weighted by molar-refractivity contribution is -0.140. The maximum absolute atomic E-state index is 11.0. The van der Waals surface area contributed by atoms with E-state index in [0.717, 1.165) is 25.7 Å². The summed E-state index contributed by atoms with van der Waals surface area (Å²) in [4.78, 5) is 11.0. The minimum absolute atomic E-state index is 0.00627. The minimum atomic E-state index is -0.512. The van der Waals surface area contributed by atoms with Crippen LogP contribution in [0.5, 0.6) is 0 Å². The number of carbonyl (C=O) groups is 1. The summed E-state index contributed by atoms with van der Waals surface area (Å²) >= 11 is 0. The van der Waals surface area contributed by atoms with E-state index < -0.39 is 6.10 Å². The molecule has 1 rings (SSSR count). The molecule has 0 aromatic heterocycles. The Balaban J connectivity index is 2.05. The molecule has 0 aliphatic carbocycles. The third kappa shape index (κ3) is 10.7. The summed E-state index contributed by atoms with van der Waals surface area (Å²) in [5.74, 6) is -0.237. The average molecular weight is 348 g/mol. The lowest BCUT2D eigenvalue weighted by Gasteiger charge is -2.05. The first kappa shape index (κ1) is 21.4. The Kier molecular flexibility index (Phi) is 11.7. The van der Waals surface area contributed by atoms with Crippen LogP contribution in [0.3, 0.4) is 0 Å². The van der Waals surface area contributed by atoms with Crippen LogP contribution in [0.25, 0.3) is 0 Å². The van der Waals surface area contributed by atoms with Gasteiger partial charge >= 0.3 is 5.97 Å². The highest BCUT2D eigenvalue weighted by Crippen LogP contribution is 2.29. The van der Waals surface area contributed by atoms with Gasteiger partial charge in [0, 0.05) is 6.42 Å². The largest absolute Gasteiger partial charge is 0.469 e. The molecular formula is C21H32O4. The van der Waals surface area contributed by atoms with E-state index in [1.807, 2.05) is 6.08 Å². The van der Waals surface area contributed by atoms with Crippen LogP contribution in [0.4, 0.5) is 0 Å². The van der Waals surface area contributed by atoms with Crippen LogP contribution < -0.4 is 0 Å². The fraction of sp³-hybridized carbons (Fsp3) is 0.571. The summed E-state index contributed by atoms with van der Waals surface area (Å²) in [5, 5.41) is 9.98. The number of hydrogen-bond acceptors (Lipinski definition) is 4. The molecule has 4 heteroatoms. The number of esters is 1. The smallest absolute Gasteiger partial charge is 0.305 e. The molecule has 3 atom stereocenters. The second kappa shape index (κ2) is 13.6. The highest BCUT2D eigenvalue weighted by Gasteiger charge is 2.41. The lowest BCUT2D eigenvalue weighted by atomic mass is 10.1. The molecule has 0 bridgehead atoms. The second-order valence-electron chi connectivity index (χ2n) is 6.06. The molecule has 4 nitrogen and oxygen atoms in total. The number of epoxide rings is 1. The van der Waals surface area contributed by atoms with Crippen molar-refractivity contribution in [2.45, 2.75) is 70.2 Å². The van der Waals surface area contributed by atoms with E-state index in [0.29, 0.717) is 19.3 Å². The molecule has 25 heavy (non-hydrogen) atoms. The monoisotopic (exact) mass is 348 g/mol. The van der Waals surface area contributed by atoms with E-state index in [2.05, 4.69) is 54.2 Å². The molecule has 1 aliphatic rings. The highest BCUT2D eigenvalue weighted by molar-refractivity contribution is 5.68. The van der Waals surface area contributed by atoms with Gasteiger partial charge in [-0.15, -0.1) is 0 Å². The maximum atomic E-state index is 11.0. The molecule has 1 saturated heterocycles. The first-order chi connectivity index (χ1) is 12.2. The predicted molar refractivity (Wildman–Crippen MR) is 101 cm³/mol. The maximum Gasteiger partial charge on any atom is 0.305 e. The second-order valence-corrected chi connectivity index (χ2v) is 6.06. The van der Waals surface area contributed by atoms with Gasteiger partial charge in [0.25, 0.3) is 0 Å². The number of rotatable bonds is 13. The zero-order valence-corrected chi connectivity index (χ0v) is 15.5. The number of carbonyl (C=O) groups excluding carboxylic acids is 1. The molecule has 0 saturated carbocycles. The van der Waals surface area contributed by atoms with Crippen molar-refractivity contribution in [3.8, 4) is 0 Å². The van der Waals surface area contributed by atoms with Crippen molar-refractivity contribution in [2.75, 3.05) is 7.11 Å². The van der Waals surface area contributed by atoms with Crippen molar-refractivity contribution in [3.05, 3.63) is 48.6 Å². The molecule has 0 aromatic rings. The topological polar surface area (TPSA) is 59.1 Å². The summed E-state index contributed by atoms with van der Waals surface area (Å²) in [6.45, 7) is 2.14. The van der Waals surface area contributed by atoms with Crippen molar-refractivity contribution >= 4 is 5.97 Å². The summed E-state index contributed by atoms with van der Waals surface area (Å²) < 4.78 is 10.0. The third-order valence-electron chi connectivity index (χ3n) is 3.93. The molecule has 1 heterocycles. The van der Waals surface area contributed by atoms with Crippen molar-refractivity contribution in [3.63, 3.8) is 0 Å². The fourth-order valence-electron chi connectivity index (χ4n) is 2.42. The van der Waals surface area contributed by atoms with Crippen molar-refractivity contribution < 1.29 is 19.4 Å². The van der Waals surface area contributed by atoms with Gasteiger partial charge in [0.05, 0.1) is 13.2 Å². The minimum Gasteiger partial charge on any atom is -0.469 e. The lowest BCUT2D eigenvalue weighted by Crippen LogP contribution is -2.16. The molecule has 1 fully saturated rings. The quantitative estimate of drug-likeness (QED) is 0.307.